The third kappa shape index (κ3) is 7.07. The summed E-state index contributed by atoms with van der Waals surface area (Å²) in [6.45, 7) is 0.513. The molecule has 0 bridgehead atoms. The molecule has 1 heterocycles. The molecule has 0 spiro atoms. The van der Waals surface area contributed by atoms with Crippen molar-refractivity contribution in [1.29, 1.82) is 0 Å². The highest BCUT2D eigenvalue weighted by Crippen LogP contribution is 2.33. The van der Waals surface area contributed by atoms with Gasteiger partial charge in [-0.1, -0.05) is 60.7 Å². The number of thiophene rings is 1. The van der Waals surface area contributed by atoms with Crippen LogP contribution in [0.15, 0.2) is 90.3 Å². The molecular formula is C27H29NO4S. The number of carbonyl (C=O) groups is 1. The van der Waals surface area contributed by atoms with Gasteiger partial charge in [0.25, 0.3) is 0 Å². The van der Waals surface area contributed by atoms with Crippen LogP contribution in [0.3, 0.4) is 0 Å². The van der Waals surface area contributed by atoms with Gasteiger partial charge in [-0.2, -0.15) is 0 Å². The average molecular weight is 464 g/mol. The van der Waals surface area contributed by atoms with Crippen molar-refractivity contribution in [1.82, 2.24) is 4.90 Å². The molecule has 0 fully saturated rings. The predicted molar refractivity (Wildman–Crippen MR) is 134 cm³/mol. The van der Waals surface area contributed by atoms with Crippen LogP contribution in [0, 0.1) is 0 Å². The van der Waals surface area contributed by atoms with E-state index in [1.165, 1.54) is 0 Å². The molecule has 0 aliphatic heterocycles. The van der Waals surface area contributed by atoms with Crippen LogP contribution in [0.5, 0.6) is 11.5 Å². The molecule has 0 unspecified atom stereocenters. The van der Waals surface area contributed by atoms with Gasteiger partial charge in [-0.05, 0) is 35.0 Å². The predicted octanol–water partition coefficient (Wildman–Crippen LogP) is 6.80. The number of carbonyl (C=O) groups excluding carboxylic acids is 1. The van der Waals surface area contributed by atoms with Gasteiger partial charge in [-0.15, -0.1) is 11.3 Å². The molecule has 4 aromatic rings. The molecule has 1 amide bonds. The highest BCUT2D eigenvalue weighted by atomic mass is 32.1. The topological polar surface area (TPSA) is 48.0 Å². The normalized spacial score (nSPS) is 11.2. The molecule has 3 aromatic carbocycles. The van der Waals surface area contributed by atoms with E-state index in [0.717, 1.165) is 21.4 Å². The Morgan fingerprint density at radius 1 is 0.909 bits per heavy atom. The van der Waals surface area contributed by atoms with Gasteiger partial charge < -0.3 is 19.1 Å². The highest BCUT2D eigenvalue weighted by molar-refractivity contribution is 7.10. The quantitative estimate of drug-likeness (QED) is 0.302. The van der Waals surface area contributed by atoms with Crippen molar-refractivity contribution in [2.75, 3.05) is 27.8 Å². The van der Waals surface area contributed by atoms with Crippen LogP contribution in [-0.2, 0) is 4.74 Å². The molecule has 0 aliphatic rings. The minimum atomic E-state index is -0.378. The molecule has 0 saturated heterocycles. The third-order valence-electron chi connectivity index (χ3n) is 4.87. The second-order valence-electron chi connectivity index (χ2n) is 7.40. The van der Waals surface area contributed by atoms with Crippen LogP contribution in [0.4, 0.5) is 4.79 Å². The Labute approximate surface area is 199 Å². The molecule has 5 nitrogen and oxygen atoms in total. The van der Waals surface area contributed by atoms with E-state index in [1.807, 2.05) is 53.9 Å². The second-order valence-corrected chi connectivity index (χ2v) is 8.38. The Morgan fingerprint density at radius 3 is 2.33 bits per heavy atom. The summed E-state index contributed by atoms with van der Waals surface area (Å²) in [5, 5.41) is 4.27. The van der Waals surface area contributed by atoms with Gasteiger partial charge >= 0.3 is 6.09 Å². The van der Waals surface area contributed by atoms with Crippen molar-refractivity contribution in [3.05, 3.63) is 95.2 Å². The summed E-state index contributed by atoms with van der Waals surface area (Å²) in [7, 11) is 4.99. The van der Waals surface area contributed by atoms with E-state index < -0.39 is 0 Å². The zero-order chi connectivity index (χ0) is 23.5. The average Bonchev–Trinajstić information content (AvgIpc) is 3.38. The fourth-order valence-electron chi connectivity index (χ4n) is 3.25. The van der Waals surface area contributed by atoms with E-state index in [2.05, 4.69) is 29.0 Å². The van der Waals surface area contributed by atoms with Gasteiger partial charge in [0.1, 0.15) is 17.6 Å². The summed E-state index contributed by atoms with van der Waals surface area (Å²) >= 11 is 1.66. The zero-order valence-electron chi connectivity index (χ0n) is 19.1. The third-order valence-corrected chi connectivity index (χ3v) is 5.83. The Balaban J connectivity index is 0.000000968. The lowest BCUT2D eigenvalue weighted by Crippen LogP contribution is -2.31. The van der Waals surface area contributed by atoms with E-state index in [9.17, 15) is 4.79 Å². The van der Waals surface area contributed by atoms with Crippen LogP contribution in [0.25, 0.3) is 10.8 Å². The number of methoxy groups -OCH3 is 1. The van der Waals surface area contributed by atoms with E-state index in [4.69, 9.17) is 9.47 Å². The molecule has 0 radical (unpaired) electrons. The molecule has 172 valence electrons. The first kappa shape index (κ1) is 24.3. The number of hydrogen-bond donors (Lipinski definition) is 0. The summed E-state index contributed by atoms with van der Waals surface area (Å²) in [4.78, 5) is 15.1. The lowest BCUT2D eigenvalue weighted by atomic mass is 10.1. The molecule has 0 N–H and O–H groups in total. The summed E-state index contributed by atoms with van der Waals surface area (Å²) in [5.74, 6) is 1.39. The van der Waals surface area contributed by atoms with Crippen molar-refractivity contribution >= 4 is 28.2 Å². The lowest BCUT2D eigenvalue weighted by Gasteiger charge is -2.23. The van der Waals surface area contributed by atoms with Crippen molar-refractivity contribution in [3.8, 4) is 11.5 Å². The highest BCUT2D eigenvalue weighted by Gasteiger charge is 2.19. The Bertz CT molecular complexity index is 1110. The summed E-state index contributed by atoms with van der Waals surface area (Å²) in [5.41, 5.74) is 0. The van der Waals surface area contributed by atoms with Gasteiger partial charge in [0, 0.05) is 44.5 Å². The first-order chi connectivity index (χ1) is 16.1. The van der Waals surface area contributed by atoms with Crippen molar-refractivity contribution in [3.63, 3.8) is 0 Å². The fourth-order valence-corrected chi connectivity index (χ4v) is 4.04. The maximum atomic E-state index is 12.4. The van der Waals surface area contributed by atoms with Gasteiger partial charge in [-0.3, -0.25) is 0 Å². The number of hydrogen-bond acceptors (Lipinski definition) is 5. The van der Waals surface area contributed by atoms with Crippen LogP contribution >= 0.6 is 11.3 Å². The van der Waals surface area contributed by atoms with Crippen molar-refractivity contribution in [2.45, 2.75) is 12.5 Å². The molecule has 4 rings (SSSR count). The van der Waals surface area contributed by atoms with E-state index in [-0.39, 0.29) is 12.2 Å². The van der Waals surface area contributed by atoms with E-state index in [1.54, 1.807) is 49.6 Å². The Morgan fingerprint density at radius 2 is 1.61 bits per heavy atom. The molecule has 1 aromatic heterocycles. The summed E-state index contributed by atoms with van der Waals surface area (Å²) < 4.78 is 16.1. The fraction of sp³-hybridized carbons (Fsp3) is 0.222. The minimum Gasteiger partial charge on any atom is -0.484 e. The molecule has 1 atom stereocenters. The summed E-state index contributed by atoms with van der Waals surface area (Å²) in [6, 6.07) is 27.5. The maximum absolute atomic E-state index is 12.4. The SMILES string of the molecule is CN(CC[C@H](Oc1cccc2ccccc12)c1cccs1)C(=O)Oc1ccccc1.COC. The largest absolute Gasteiger partial charge is 0.484 e. The molecule has 0 aliphatic carbocycles. The van der Waals surface area contributed by atoms with Crippen LogP contribution in [-0.4, -0.2) is 38.8 Å². The molecular weight excluding hydrogens is 434 g/mol. The number of ether oxygens (including phenoxy) is 3. The van der Waals surface area contributed by atoms with Crippen LogP contribution in [0.2, 0.25) is 0 Å². The lowest BCUT2D eigenvalue weighted by molar-refractivity contribution is 0.147. The van der Waals surface area contributed by atoms with Gasteiger partial charge in [0.05, 0.1) is 0 Å². The Kier molecular flexibility index (Phi) is 9.30. The number of benzene rings is 3. The Hall–Kier alpha value is -3.35. The van der Waals surface area contributed by atoms with Gasteiger partial charge in [0.2, 0.25) is 0 Å². The maximum Gasteiger partial charge on any atom is 0.414 e. The van der Waals surface area contributed by atoms with Crippen LogP contribution < -0.4 is 9.47 Å². The first-order valence-corrected chi connectivity index (χ1v) is 11.6. The van der Waals surface area contributed by atoms with E-state index >= 15 is 0 Å². The second kappa shape index (κ2) is 12.6. The van der Waals surface area contributed by atoms with Crippen LogP contribution in [0.1, 0.15) is 17.4 Å². The number of amides is 1. The first-order valence-electron chi connectivity index (χ1n) is 10.7. The number of rotatable bonds is 7. The van der Waals surface area contributed by atoms with Gasteiger partial charge in [-0.25, -0.2) is 4.79 Å². The minimum absolute atomic E-state index is 0.150. The monoisotopic (exact) mass is 463 g/mol. The number of nitrogens with zero attached hydrogens (tertiary/aromatic N) is 1. The smallest absolute Gasteiger partial charge is 0.414 e. The van der Waals surface area contributed by atoms with E-state index in [0.29, 0.717) is 18.7 Å². The number of fused-ring (bicyclic) bond motifs is 1. The molecule has 6 heteroatoms. The summed E-state index contributed by atoms with van der Waals surface area (Å²) in [6.07, 6.45) is 0.128. The van der Waals surface area contributed by atoms with Crippen molar-refractivity contribution in [2.24, 2.45) is 0 Å². The number of para-hydroxylation sites is 1. The molecule has 0 saturated carbocycles. The standard InChI is InChI=1S/C25H23NO3S.C2H6O/c1-26(25(27)28-20-11-3-2-4-12-20)17-16-23(24-15-8-18-30-24)29-22-14-7-10-19-9-5-6-13-21(19)22;1-3-2/h2-15,18,23H,16-17H2,1H3;1-2H3/t23-;/m0./s1. The van der Waals surface area contributed by atoms with Crippen molar-refractivity contribution < 1.29 is 19.0 Å². The molecule has 33 heavy (non-hydrogen) atoms. The van der Waals surface area contributed by atoms with Gasteiger partial charge in [0.15, 0.2) is 0 Å². The zero-order valence-corrected chi connectivity index (χ0v) is 20.0.